The molecule has 0 aliphatic rings. The number of rotatable bonds is 3. The lowest BCUT2D eigenvalue weighted by Crippen LogP contribution is -2.36. The minimum absolute atomic E-state index is 0.366. The fourth-order valence-corrected chi connectivity index (χ4v) is 1.42. The molecule has 2 rings (SSSR count). The zero-order valence-electron chi connectivity index (χ0n) is 9.45. The van der Waals surface area contributed by atoms with Gasteiger partial charge < -0.3 is 4.74 Å². The molecule has 0 aromatic heterocycles. The number of para-hydroxylation sites is 1. The molecule has 0 atom stereocenters. The van der Waals surface area contributed by atoms with E-state index in [-0.39, 0.29) is 0 Å². The molecule has 0 unspecified atom stereocenters. The zero-order valence-corrected chi connectivity index (χ0v) is 9.45. The maximum atomic E-state index is 9.32. The molecule has 0 fully saturated rings. The molecule has 0 saturated carbocycles. The van der Waals surface area contributed by atoms with Gasteiger partial charge in [0.05, 0.1) is 0 Å². The largest absolute Gasteiger partial charge is 0.457 e. The molecule has 2 N–H and O–H groups in total. The summed E-state index contributed by atoms with van der Waals surface area (Å²) in [4.78, 5) is -1.19. The third-order valence-electron chi connectivity index (χ3n) is 2.30. The van der Waals surface area contributed by atoms with Crippen molar-refractivity contribution in [1.82, 2.24) is 4.81 Å². The number of hydrogen-bond acceptors (Lipinski definition) is 3. The summed E-state index contributed by atoms with van der Waals surface area (Å²) in [6, 6.07) is 16.0. The Morgan fingerprint density at radius 1 is 0.824 bits per heavy atom. The molecule has 17 heavy (non-hydrogen) atoms. The summed E-state index contributed by atoms with van der Waals surface area (Å²) in [5.41, 5.74) is 0.366. The Kier molecular flexibility index (Phi) is 3.10. The van der Waals surface area contributed by atoms with Crippen molar-refractivity contribution >= 4 is 5.69 Å². The van der Waals surface area contributed by atoms with Crippen LogP contribution < -0.4 is 9.55 Å². The predicted octanol–water partition coefficient (Wildman–Crippen LogP) is 3.19. The molecular weight excluding hydrogens is 218 g/mol. The van der Waals surface area contributed by atoms with Crippen molar-refractivity contribution in [2.45, 2.75) is 0 Å². The molecule has 0 radical (unpaired) electrons. The van der Waals surface area contributed by atoms with Crippen molar-refractivity contribution in [3.63, 3.8) is 0 Å². The molecule has 2 aromatic carbocycles. The molecule has 0 saturated heterocycles. The Labute approximate surface area is 99.4 Å². The van der Waals surface area contributed by atoms with Crippen LogP contribution in [0.15, 0.2) is 54.6 Å². The molecule has 0 heterocycles. The van der Waals surface area contributed by atoms with Gasteiger partial charge in [-0.2, -0.15) is 10.4 Å². The quantitative estimate of drug-likeness (QED) is 0.631. The van der Waals surface area contributed by atoms with Crippen LogP contribution in [0.3, 0.4) is 0 Å². The van der Waals surface area contributed by atoms with Crippen LogP contribution in [-0.2, 0) is 0 Å². The van der Waals surface area contributed by atoms with Gasteiger partial charge in [-0.25, -0.2) is 0 Å². The lowest BCUT2D eigenvalue weighted by Gasteiger charge is -2.14. The topological polar surface area (TPSA) is 49.7 Å². The van der Waals surface area contributed by atoms with Crippen LogP contribution in [0, 0.1) is 0 Å². The highest BCUT2D eigenvalue weighted by Crippen LogP contribution is 2.24. The molecule has 88 valence electrons. The molecule has 4 heteroatoms. The third-order valence-corrected chi connectivity index (χ3v) is 2.30. The Hall–Kier alpha value is -1.88. The second kappa shape index (κ2) is 4.55. The minimum atomic E-state index is -1.19. The summed E-state index contributed by atoms with van der Waals surface area (Å²) in [7, 11) is 1.26. The molecule has 0 amide bonds. The van der Waals surface area contributed by atoms with Gasteiger partial charge in [0, 0.05) is 12.1 Å². The predicted molar refractivity (Wildman–Crippen MR) is 64.2 cm³/mol. The van der Waals surface area contributed by atoms with Gasteiger partial charge in [0.2, 0.25) is 0 Å². The van der Waals surface area contributed by atoms with Gasteiger partial charge >= 0.3 is 0 Å². The number of hydrogen-bond donors (Lipinski definition) is 2. The highest BCUT2D eigenvalue weighted by atomic mass is 16.8. The van der Waals surface area contributed by atoms with Crippen LogP contribution in [-0.4, -0.2) is 17.5 Å². The number of quaternary nitrogens is 1. The first-order valence-corrected chi connectivity index (χ1v) is 5.21. The van der Waals surface area contributed by atoms with Gasteiger partial charge in [-0.1, -0.05) is 18.2 Å². The van der Waals surface area contributed by atoms with Gasteiger partial charge in [-0.15, -0.1) is 0 Å². The molecular formula is C13H14NO3+. The fraction of sp³-hybridized carbons (Fsp3) is 0.0769. The van der Waals surface area contributed by atoms with Crippen LogP contribution in [0.25, 0.3) is 0 Å². The van der Waals surface area contributed by atoms with E-state index < -0.39 is 4.81 Å². The number of benzene rings is 2. The number of nitrogens with zero attached hydrogens (tertiary/aromatic N) is 1. The lowest BCUT2D eigenvalue weighted by molar-refractivity contribution is -0.272. The molecule has 0 aliphatic carbocycles. The maximum Gasteiger partial charge on any atom is 0.199 e. The average Bonchev–Trinajstić information content (AvgIpc) is 2.30. The van der Waals surface area contributed by atoms with Crippen LogP contribution >= 0.6 is 0 Å². The van der Waals surface area contributed by atoms with E-state index in [0.29, 0.717) is 11.4 Å². The normalized spacial score (nSPS) is 11.2. The molecule has 2 aromatic rings. The van der Waals surface area contributed by atoms with E-state index in [9.17, 15) is 10.4 Å². The first-order chi connectivity index (χ1) is 8.05. The minimum Gasteiger partial charge on any atom is -0.457 e. The summed E-state index contributed by atoms with van der Waals surface area (Å²) in [5.74, 6) is 1.39. The van der Waals surface area contributed by atoms with Crippen molar-refractivity contribution in [2.75, 3.05) is 7.05 Å². The van der Waals surface area contributed by atoms with E-state index in [1.807, 2.05) is 30.3 Å². The van der Waals surface area contributed by atoms with Crippen LogP contribution in [0.1, 0.15) is 0 Å². The monoisotopic (exact) mass is 232 g/mol. The number of ether oxygens (including phenoxy) is 1. The Balaban J connectivity index is 2.14. The summed E-state index contributed by atoms with van der Waals surface area (Å²) >= 11 is 0. The third kappa shape index (κ3) is 3.04. The fourth-order valence-electron chi connectivity index (χ4n) is 1.42. The lowest BCUT2D eigenvalue weighted by atomic mass is 10.3. The summed E-state index contributed by atoms with van der Waals surface area (Å²) in [6.45, 7) is 0. The van der Waals surface area contributed by atoms with Gasteiger partial charge in [-0.3, -0.25) is 0 Å². The van der Waals surface area contributed by atoms with Crippen LogP contribution in [0.5, 0.6) is 11.5 Å². The van der Waals surface area contributed by atoms with Crippen molar-refractivity contribution in [1.29, 1.82) is 0 Å². The van der Waals surface area contributed by atoms with E-state index in [2.05, 4.69) is 0 Å². The van der Waals surface area contributed by atoms with Gasteiger partial charge in [0.15, 0.2) is 5.69 Å². The molecule has 0 bridgehead atoms. The first-order valence-electron chi connectivity index (χ1n) is 5.21. The summed E-state index contributed by atoms with van der Waals surface area (Å²) in [5, 5.41) is 18.6. The van der Waals surface area contributed by atoms with E-state index in [1.165, 1.54) is 7.05 Å². The van der Waals surface area contributed by atoms with E-state index in [4.69, 9.17) is 4.74 Å². The van der Waals surface area contributed by atoms with Crippen molar-refractivity contribution < 1.29 is 15.2 Å². The highest BCUT2D eigenvalue weighted by molar-refractivity contribution is 5.43. The van der Waals surface area contributed by atoms with Crippen molar-refractivity contribution in [3.05, 3.63) is 54.6 Å². The smallest absolute Gasteiger partial charge is 0.199 e. The van der Waals surface area contributed by atoms with Gasteiger partial charge in [-0.05, 0) is 29.1 Å². The summed E-state index contributed by atoms with van der Waals surface area (Å²) < 4.78 is 5.58. The van der Waals surface area contributed by atoms with E-state index in [1.54, 1.807) is 24.3 Å². The van der Waals surface area contributed by atoms with Gasteiger partial charge in [0.25, 0.3) is 0 Å². The average molecular weight is 232 g/mol. The van der Waals surface area contributed by atoms with Crippen molar-refractivity contribution in [2.24, 2.45) is 0 Å². The standard InChI is InChI=1S/C13H14NO3/c1-14(15,16)11-7-9-13(10-8-11)17-12-5-3-2-4-6-12/h2-10,15-16H,1H3/q+1. The first kappa shape index (κ1) is 11.6. The van der Waals surface area contributed by atoms with Crippen LogP contribution in [0.2, 0.25) is 0 Å². The second-order valence-electron chi connectivity index (χ2n) is 3.82. The molecule has 4 nitrogen and oxygen atoms in total. The van der Waals surface area contributed by atoms with E-state index >= 15 is 0 Å². The van der Waals surface area contributed by atoms with Crippen LogP contribution in [0.4, 0.5) is 5.69 Å². The second-order valence-corrected chi connectivity index (χ2v) is 3.82. The zero-order chi connectivity index (χ0) is 12.3. The number of hydroxylamine groups is 2. The van der Waals surface area contributed by atoms with E-state index in [0.717, 1.165) is 5.75 Å². The van der Waals surface area contributed by atoms with Gasteiger partial charge in [0.1, 0.15) is 18.5 Å². The molecule has 0 spiro atoms. The summed E-state index contributed by atoms with van der Waals surface area (Å²) in [6.07, 6.45) is 0. The Morgan fingerprint density at radius 2 is 1.35 bits per heavy atom. The highest BCUT2D eigenvalue weighted by Gasteiger charge is 2.18. The maximum absolute atomic E-state index is 9.32. The Bertz CT molecular complexity index is 474. The molecule has 0 aliphatic heterocycles. The van der Waals surface area contributed by atoms with Crippen molar-refractivity contribution in [3.8, 4) is 11.5 Å². The SMILES string of the molecule is C[N+](O)(O)c1ccc(Oc2ccccc2)cc1. The Morgan fingerprint density at radius 3 is 1.88 bits per heavy atom.